The van der Waals surface area contributed by atoms with E-state index < -0.39 is 12.2 Å². The van der Waals surface area contributed by atoms with Crippen LogP contribution in [0, 0.1) is 0 Å². The van der Waals surface area contributed by atoms with E-state index in [1.54, 1.807) is 20.9 Å². The molecule has 0 saturated heterocycles. The van der Waals surface area contributed by atoms with Gasteiger partial charge in [0.15, 0.2) is 0 Å². The lowest BCUT2D eigenvalue weighted by Gasteiger charge is -2.17. The molecule has 0 saturated carbocycles. The maximum Gasteiger partial charge on any atom is 0.409 e. The molecule has 0 fully saturated rings. The van der Waals surface area contributed by atoms with E-state index in [2.05, 4.69) is 4.74 Å². The van der Waals surface area contributed by atoms with Gasteiger partial charge in [-0.25, -0.2) is 4.79 Å². The highest BCUT2D eigenvalue weighted by atomic mass is 16.6. The van der Waals surface area contributed by atoms with E-state index in [0.717, 1.165) is 0 Å². The van der Waals surface area contributed by atoms with Crippen molar-refractivity contribution in [3.8, 4) is 0 Å². The second kappa shape index (κ2) is 4.96. The van der Waals surface area contributed by atoms with Gasteiger partial charge in [-0.3, -0.25) is 0 Å². The number of hydrogen-bond donors (Lipinski definition) is 1. The first-order valence-corrected chi connectivity index (χ1v) is 3.63. The molecule has 1 amide bonds. The Balaban J connectivity index is 3.64. The van der Waals surface area contributed by atoms with E-state index in [-0.39, 0.29) is 0 Å². The number of rotatable bonds is 3. The molecule has 0 aromatic carbocycles. The van der Waals surface area contributed by atoms with Crippen LogP contribution in [0.25, 0.3) is 0 Å². The van der Waals surface area contributed by atoms with Gasteiger partial charge in [0.05, 0.1) is 12.7 Å². The zero-order chi connectivity index (χ0) is 8.85. The minimum Gasteiger partial charge on any atom is -0.450 e. The largest absolute Gasteiger partial charge is 0.450 e. The Hall–Kier alpha value is -0.770. The molecule has 0 rings (SSSR count). The van der Waals surface area contributed by atoms with Gasteiger partial charge in [0.25, 0.3) is 0 Å². The van der Waals surface area contributed by atoms with E-state index in [9.17, 15) is 4.79 Å². The Morgan fingerprint density at radius 1 is 1.73 bits per heavy atom. The molecular weight excluding hydrogens is 146 g/mol. The number of carbonyl (C=O) groups is 1. The molecule has 1 atom stereocenters. The quantitative estimate of drug-likeness (QED) is 0.654. The third-order valence-corrected chi connectivity index (χ3v) is 1.12. The fraction of sp³-hybridized carbons (Fsp3) is 0.857. The standard InChI is InChI=1S/C7H15NO3/c1-4-11-7(10)8(3)5-6(2)9/h6,9H,4-5H2,1-3H3. The zero-order valence-corrected chi connectivity index (χ0v) is 7.20. The minimum atomic E-state index is -0.510. The predicted octanol–water partition coefficient (Wildman–Crippen LogP) is 0.456. The van der Waals surface area contributed by atoms with Crippen LogP contribution in [-0.4, -0.2) is 42.4 Å². The molecule has 0 aliphatic rings. The maximum absolute atomic E-state index is 10.9. The van der Waals surface area contributed by atoms with Gasteiger partial charge < -0.3 is 14.7 Å². The number of aliphatic hydroxyl groups is 1. The Kier molecular flexibility index (Phi) is 4.61. The summed E-state index contributed by atoms with van der Waals surface area (Å²) in [4.78, 5) is 12.2. The van der Waals surface area contributed by atoms with Crippen molar-refractivity contribution >= 4 is 6.09 Å². The Morgan fingerprint density at radius 2 is 2.27 bits per heavy atom. The van der Waals surface area contributed by atoms with Gasteiger partial charge >= 0.3 is 6.09 Å². The maximum atomic E-state index is 10.9. The van der Waals surface area contributed by atoms with Crippen LogP contribution < -0.4 is 0 Å². The molecule has 0 aliphatic heterocycles. The van der Waals surface area contributed by atoms with Crippen LogP contribution in [0.2, 0.25) is 0 Å². The predicted molar refractivity (Wildman–Crippen MR) is 41.3 cm³/mol. The average molecular weight is 161 g/mol. The summed E-state index contributed by atoms with van der Waals surface area (Å²) in [7, 11) is 1.59. The average Bonchev–Trinajstić information content (AvgIpc) is 1.86. The van der Waals surface area contributed by atoms with Gasteiger partial charge in [-0.2, -0.15) is 0 Å². The van der Waals surface area contributed by atoms with Gasteiger partial charge in [0, 0.05) is 13.6 Å². The molecule has 0 aliphatic carbocycles. The number of carbonyl (C=O) groups excluding carboxylic acids is 1. The van der Waals surface area contributed by atoms with E-state index in [1.165, 1.54) is 4.90 Å². The highest BCUT2D eigenvalue weighted by Gasteiger charge is 2.10. The van der Waals surface area contributed by atoms with E-state index in [0.29, 0.717) is 13.2 Å². The first-order valence-electron chi connectivity index (χ1n) is 3.63. The normalized spacial score (nSPS) is 12.4. The number of hydrogen-bond acceptors (Lipinski definition) is 3. The summed E-state index contributed by atoms with van der Waals surface area (Å²) in [6, 6.07) is 0. The smallest absolute Gasteiger partial charge is 0.409 e. The number of aliphatic hydroxyl groups excluding tert-OH is 1. The van der Waals surface area contributed by atoms with Crippen LogP contribution in [0.1, 0.15) is 13.8 Å². The Bertz CT molecular complexity index is 125. The fourth-order valence-electron chi connectivity index (χ4n) is 0.705. The molecule has 0 heterocycles. The second-order valence-electron chi connectivity index (χ2n) is 2.43. The van der Waals surface area contributed by atoms with Crippen LogP contribution in [0.4, 0.5) is 4.79 Å². The van der Waals surface area contributed by atoms with Crippen molar-refractivity contribution < 1.29 is 14.6 Å². The van der Waals surface area contributed by atoms with Crippen molar-refractivity contribution in [2.45, 2.75) is 20.0 Å². The molecule has 0 bridgehead atoms. The number of nitrogens with zero attached hydrogens (tertiary/aromatic N) is 1. The van der Waals surface area contributed by atoms with Gasteiger partial charge in [0.1, 0.15) is 0 Å². The molecule has 1 N–H and O–H groups in total. The van der Waals surface area contributed by atoms with Crippen LogP contribution in [0.15, 0.2) is 0 Å². The van der Waals surface area contributed by atoms with Gasteiger partial charge in [0.2, 0.25) is 0 Å². The molecule has 0 radical (unpaired) electrons. The summed E-state index contributed by atoms with van der Waals surface area (Å²) >= 11 is 0. The molecule has 0 aromatic rings. The summed E-state index contributed by atoms with van der Waals surface area (Å²) in [6.45, 7) is 4.03. The first kappa shape index (κ1) is 10.2. The summed E-state index contributed by atoms with van der Waals surface area (Å²) < 4.78 is 4.68. The number of likely N-dealkylation sites (N-methyl/N-ethyl adjacent to an activating group) is 1. The molecule has 11 heavy (non-hydrogen) atoms. The van der Waals surface area contributed by atoms with Crippen molar-refractivity contribution in [3.63, 3.8) is 0 Å². The zero-order valence-electron chi connectivity index (χ0n) is 7.20. The van der Waals surface area contributed by atoms with Crippen molar-refractivity contribution in [3.05, 3.63) is 0 Å². The molecule has 4 heteroatoms. The summed E-state index contributed by atoms with van der Waals surface area (Å²) in [5.74, 6) is 0. The van der Waals surface area contributed by atoms with Gasteiger partial charge in [-0.1, -0.05) is 0 Å². The lowest BCUT2D eigenvalue weighted by molar-refractivity contribution is 0.0916. The SMILES string of the molecule is CCOC(=O)N(C)CC(C)O. The molecule has 66 valence electrons. The van der Waals surface area contributed by atoms with Gasteiger partial charge in [-0.05, 0) is 13.8 Å². The fourth-order valence-corrected chi connectivity index (χ4v) is 0.705. The lowest BCUT2D eigenvalue weighted by atomic mass is 10.4. The topological polar surface area (TPSA) is 49.8 Å². The highest BCUT2D eigenvalue weighted by Crippen LogP contribution is 1.92. The van der Waals surface area contributed by atoms with Crippen LogP contribution in [0.5, 0.6) is 0 Å². The third kappa shape index (κ3) is 4.61. The van der Waals surface area contributed by atoms with Crippen molar-refractivity contribution in [2.75, 3.05) is 20.2 Å². The molecule has 1 unspecified atom stereocenters. The molecular formula is C7H15NO3. The third-order valence-electron chi connectivity index (χ3n) is 1.12. The summed E-state index contributed by atoms with van der Waals surface area (Å²) in [5, 5.41) is 8.89. The van der Waals surface area contributed by atoms with E-state index >= 15 is 0 Å². The van der Waals surface area contributed by atoms with Crippen LogP contribution in [-0.2, 0) is 4.74 Å². The van der Waals surface area contributed by atoms with E-state index in [1.807, 2.05) is 0 Å². The highest BCUT2D eigenvalue weighted by molar-refractivity contribution is 5.67. The van der Waals surface area contributed by atoms with E-state index in [4.69, 9.17) is 5.11 Å². The second-order valence-corrected chi connectivity index (χ2v) is 2.43. The van der Waals surface area contributed by atoms with Crippen molar-refractivity contribution in [1.29, 1.82) is 0 Å². The number of ether oxygens (including phenoxy) is 1. The van der Waals surface area contributed by atoms with Crippen molar-refractivity contribution in [1.82, 2.24) is 4.90 Å². The minimum absolute atomic E-state index is 0.304. The van der Waals surface area contributed by atoms with Crippen LogP contribution >= 0.6 is 0 Å². The lowest BCUT2D eigenvalue weighted by Crippen LogP contribution is -2.33. The van der Waals surface area contributed by atoms with Gasteiger partial charge in [-0.15, -0.1) is 0 Å². The monoisotopic (exact) mass is 161 g/mol. The molecule has 0 spiro atoms. The molecule has 0 aromatic heterocycles. The first-order chi connectivity index (χ1) is 5.07. The Labute approximate surface area is 66.8 Å². The summed E-state index contributed by atoms with van der Waals surface area (Å²) in [6.07, 6.45) is -0.905. The molecule has 4 nitrogen and oxygen atoms in total. The Morgan fingerprint density at radius 3 is 2.64 bits per heavy atom. The van der Waals surface area contributed by atoms with Crippen LogP contribution in [0.3, 0.4) is 0 Å². The summed E-state index contributed by atoms with van der Waals surface area (Å²) in [5.41, 5.74) is 0. The van der Waals surface area contributed by atoms with Crippen molar-refractivity contribution in [2.24, 2.45) is 0 Å². The number of amides is 1.